The maximum absolute atomic E-state index is 9.89. The van der Waals surface area contributed by atoms with Gasteiger partial charge in [-0.2, -0.15) is 0 Å². The lowest BCUT2D eigenvalue weighted by molar-refractivity contribution is -0.332. The normalized spacial score (nSPS) is 9.80. The van der Waals surface area contributed by atoms with Crippen molar-refractivity contribution >= 4 is 11.9 Å². The molecule has 0 amide bonds. The lowest BCUT2D eigenvalue weighted by Gasteiger charge is -2.16. The molecule has 0 spiro atoms. The van der Waals surface area contributed by atoms with Gasteiger partial charge in [0.1, 0.15) is 0 Å². The second-order valence-electron chi connectivity index (χ2n) is 1.70. The Hall–Kier alpha value is -1.10. The first kappa shape index (κ1) is 8.90. The second kappa shape index (κ2) is 3.84. The van der Waals surface area contributed by atoms with Crippen LogP contribution >= 0.6 is 0 Å². The SMILES string of the molecule is O=C([O-])C(CCO)C(=O)[O-]. The molecule has 1 N–H and O–H groups in total. The summed E-state index contributed by atoms with van der Waals surface area (Å²) in [6.07, 6.45) is -0.370. The molecule has 0 aliphatic heterocycles. The number of carbonyl (C=O) groups excluding carboxylic acids is 2. The number of aliphatic hydroxyl groups excluding tert-OH is 1. The molecule has 0 unspecified atom stereocenters. The van der Waals surface area contributed by atoms with Crippen molar-refractivity contribution in [3.05, 3.63) is 0 Å². The molecule has 0 heterocycles. The van der Waals surface area contributed by atoms with E-state index in [9.17, 15) is 19.8 Å². The second-order valence-corrected chi connectivity index (χ2v) is 1.70. The molecule has 0 radical (unpaired) electrons. The number of carbonyl (C=O) groups is 2. The predicted molar refractivity (Wildman–Crippen MR) is 25.2 cm³/mol. The third-order valence-corrected chi connectivity index (χ3v) is 0.987. The largest absolute Gasteiger partial charge is 0.549 e. The summed E-state index contributed by atoms with van der Waals surface area (Å²) < 4.78 is 0. The number of carboxylic acids is 2. The van der Waals surface area contributed by atoms with Crippen LogP contribution in [0.2, 0.25) is 0 Å². The van der Waals surface area contributed by atoms with Crippen LogP contribution < -0.4 is 10.2 Å². The van der Waals surface area contributed by atoms with E-state index in [2.05, 4.69) is 0 Å². The van der Waals surface area contributed by atoms with E-state index in [-0.39, 0.29) is 6.42 Å². The molecular formula is C5H6O5-2. The smallest absolute Gasteiger partial charge is 0.0502 e. The molecule has 0 saturated carbocycles. The highest BCUT2D eigenvalue weighted by molar-refractivity contribution is 5.90. The van der Waals surface area contributed by atoms with Crippen molar-refractivity contribution in [3.63, 3.8) is 0 Å². The van der Waals surface area contributed by atoms with Crippen LogP contribution in [0.1, 0.15) is 6.42 Å². The Bertz CT molecular complexity index is 127. The van der Waals surface area contributed by atoms with Gasteiger partial charge in [0.15, 0.2) is 0 Å². The van der Waals surface area contributed by atoms with Gasteiger partial charge in [-0.25, -0.2) is 0 Å². The van der Waals surface area contributed by atoms with Crippen LogP contribution in [0, 0.1) is 5.92 Å². The zero-order valence-corrected chi connectivity index (χ0v) is 5.07. The standard InChI is InChI=1S/C5H8O5/c6-2-1-3(4(7)8)5(9)10/h3,6H,1-2H2,(H,7,8)(H,9,10)/p-2. The number of hydrogen-bond acceptors (Lipinski definition) is 5. The first-order valence-corrected chi connectivity index (χ1v) is 2.62. The highest BCUT2D eigenvalue weighted by Crippen LogP contribution is 1.97. The molecule has 5 nitrogen and oxygen atoms in total. The summed E-state index contributed by atoms with van der Waals surface area (Å²) in [5, 5.41) is 27.9. The van der Waals surface area contributed by atoms with Gasteiger partial charge in [0.25, 0.3) is 0 Å². The van der Waals surface area contributed by atoms with Crippen LogP contribution in [0.15, 0.2) is 0 Å². The molecule has 58 valence electrons. The van der Waals surface area contributed by atoms with E-state index in [4.69, 9.17) is 5.11 Å². The van der Waals surface area contributed by atoms with E-state index in [0.717, 1.165) is 0 Å². The quantitative estimate of drug-likeness (QED) is 0.414. The minimum absolute atomic E-state index is 0.370. The lowest BCUT2D eigenvalue weighted by atomic mass is 10.1. The van der Waals surface area contributed by atoms with Crippen molar-refractivity contribution in [2.45, 2.75) is 6.42 Å². The Morgan fingerprint density at radius 1 is 1.30 bits per heavy atom. The topological polar surface area (TPSA) is 100 Å². The van der Waals surface area contributed by atoms with Gasteiger partial charge in [0, 0.05) is 12.5 Å². The summed E-state index contributed by atoms with van der Waals surface area (Å²) in [5.74, 6) is -5.16. The predicted octanol–water partition coefficient (Wildman–Crippen LogP) is -3.52. The molecule has 0 rings (SSSR count). The van der Waals surface area contributed by atoms with Gasteiger partial charge in [-0.3, -0.25) is 0 Å². The van der Waals surface area contributed by atoms with Crippen molar-refractivity contribution in [2.24, 2.45) is 5.92 Å². The average Bonchev–Trinajstić information content (AvgIpc) is 1.81. The summed E-state index contributed by atoms with van der Waals surface area (Å²) in [5.41, 5.74) is 0. The van der Waals surface area contributed by atoms with Crippen LogP contribution in [-0.2, 0) is 9.59 Å². The number of hydrogen-bond donors (Lipinski definition) is 1. The van der Waals surface area contributed by atoms with Crippen molar-refractivity contribution in [2.75, 3.05) is 6.61 Å². The molecule has 5 heteroatoms. The maximum Gasteiger partial charge on any atom is 0.0502 e. The van der Waals surface area contributed by atoms with Crippen LogP contribution in [0.4, 0.5) is 0 Å². The van der Waals surface area contributed by atoms with Crippen LogP contribution in [0.3, 0.4) is 0 Å². The molecule has 0 atom stereocenters. The summed E-state index contributed by atoms with van der Waals surface area (Å²) in [7, 11) is 0. The Kier molecular flexibility index (Phi) is 3.42. The first-order valence-electron chi connectivity index (χ1n) is 2.62. The zero-order valence-electron chi connectivity index (χ0n) is 5.07. The van der Waals surface area contributed by atoms with Crippen molar-refractivity contribution in [1.29, 1.82) is 0 Å². The Labute approximate surface area is 56.9 Å². The fourth-order valence-corrected chi connectivity index (χ4v) is 0.461. The van der Waals surface area contributed by atoms with Gasteiger partial charge in [-0.05, 0) is 6.42 Å². The van der Waals surface area contributed by atoms with Crippen molar-refractivity contribution < 1.29 is 24.9 Å². The first-order chi connectivity index (χ1) is 4.59. The highest BCUT2D eigenvalue weighted by atomic mass is 16.4. The van der Waals surface area contributed by atoms with E-state index in [1.165, 1.54) is 0 Å². The number of aliphatic hydroxyl groups is 1. The van der Waals surface area contributed by atoms with Gasteiger partial charge in [-0.15, -0.1) is 0 Å². The van der Waals surface area contributed by atoms with Gasteiger partial charge in [0.05, 0.1) is 11.9 Å². The molecular weight excluding hydrogens is 140 g/mol. The third kappa shape index (κ3) is 2.45. The van der Waals surface area contributed by atoms with Gasteiger partial charge >= 0.3 is 0 Å². The Morgan fingerprint density at radius 2 is 1.70 bits per heavy atom. The minimum Gasteiger partial charge on any atom is -0.549 e. The number of aliphatic carboxylic acids is 2. The molecule has 0 aromatic carbocycles. The summed E-state index contributed by atoms with van der Waals surface area (Å²) in [6, 6.07) is 0. The van der Waals surface area contributed by atoms with E-state index in [1.807, 2.05) is 0 Å². The minimum atomic E-state index is -1.73. The van der Waals surface area contributed by atoms with Crippen LogP contribution in [0.25, 0.3) is 0 Å². The molecule has 0 saturated heterocycles. The van der Waals surface area contributed by atoms with Crippen LogP contribution in [0.5, 0.6) is 0 Å². The molecule has 0 bridgehead atoms. The average molecular weight is 146 g/mol. The third-order valence-electron chi connectivity index (χ3n) is 0.987. The molecule has 0 aliphatic carbocycles. The highest BCUT2D eigenvalue weighted by Gasteiger charge is 2.09. The fraction of sp³-hybridized carbons (Fsp3) is 0.600. The van der Waals surface area contributed by atoms with Crippen LogP contribution in [-0.4, -0.2) is 23.7 Å². The molecule has 10 heavy (non-hydrogen) atoms. The Morgan fingerprint density at radius 3 is 1.80 bits per heavy atom. The Balaban J connectivity index is 3.98. The zero-order chi connectivity index (χ0) is 8.15. The molecule has 0 aromatic rings. The van der Waals surface area contributed by atoms with E-state index >= 15 is 0 Å². The molecule has 0 aromatic heterocycles. The fourth-order valence-electron chi connectivity index (χ4n) is 0.461. The maximum atomic E-state index is 9.89. The van der Waals surface area contributed by atoms with E-state index in [0.29, 0.717) is 0 Å². The van der Waals surface area contributed by atoms with Gasteiger partial charge < -0.3 is 24.9 Å². The summed E-state index contributed by atoms with van der Waals surface area (Å²) in [4.78, 5) is 19.8. The van der Waals surface area contributed by atoms with E-state index in [1.54, 1.807) is 0 Å². The summed E-state index contributed by atoms with van der Waals surface area (Å²) in [6.45, 7) is -0.507. The van der Waals surface area contributed by atoms with Gasteiger partial charge in [-0.1, -0.05) is 0 Å². The lowest BCUT2D eigenvalue weighted by Crippen LogP contribution is -2.43. The van der Waals surface area contributed by atoms with Crippen molar-refractivity contribution in [1.82, 2.24) is 0 Å². The number of carboxylic acid groups (broad SMARTS) is 2. The van der Waals surface area contributed by atoms with Crippen molar-refractivity contribution in [3.8, 4) is 0 Å². The van der Waals surface area contributed by atoms with E-state index < -0.39 is 24.5 Å². The number of rotatable bonds is 4. The molecule has 0 fully saturated rings. The summed E-state index contributed by atoms with van der Waals surface area (Å²) >= 11 is 0. The monoisotopic (exact) mass is 146 g/mol. The molecule has 0 aliphatic rings. The van der Waals surface area contributed by atoms with Gasteiger partial charge in [0.2, 0.25) is 0 Å².